The van der Waals surface area contributed by atoms with Crippen molar-refractivity contribution in [1.82, 2.24) is 4.98 Å². The second-order valence-electron chi connectivity index (χ2n) is 3.60. The monoisotopic (exact) mass is 280 g/mol. The topological polar surface area (TPSA) is 24.9 Å². The van der Waals surface area contributed by atoms with Gasteiger partial charge in [-0.15, -0.1) is 0 Å². The zero-order valence-corrected chi connectivity index (χ0v) is 9.19. The van der Waals surface area contributed by atoms with E-state index in [1.807, 2.05) is 0 Å². The molecule has 1 heterocycles. The van der Waals surface area contributed by atoms with Crippen LogP contribution in [0.15, 0.2) is 22.9 Å². The average molecular weight is 281 g/mol. The summed E-state index contributed by atoms with van der Waals surface area (Å²) in [7, 11) is 0. The molecule has 1 aliphatic rings. The van der Waals surface area contributed by atoms with Crippen molar-refractivity contribution >= 4 is 21.6 Å². The summed E-state index contributed by atoms with van der Waals surface area (Å²) in [6.07, 6.45) is -1.03. The van der Waals surface area contributed by atoms with Gasteiger partial charge in [0.15, 0.2) is 0 Å². The van der Waals surface area contributed by atoms with Crippen LogP contribution in [-0.4, -0.2) is 16.7 Å². The van der Waals surface area contributed by atoms with E-state index in [1.54, 1.807) is 6.07 Å². The Morgan fingerprint density at radius 3 is 2.47 bits per heavy atom. The van der Waals surface area contributed by atoms with Crippen molar-refractivity contribution in [3.8, 4) is 0 Å². The van der Waals surface area contributed by atoms with Gasteiger partial charge in [-0.1, -0.05) is 0 Å². The first kappa shape index (κ1) is 10.7. The molecule has 1 aromatic heterocycles. The molecule has 1 N–H and O–H groups in total. The summed E-state index contributed by atoms with van der Waals surface area (Å²) in [6.45, 7) is 0. The highest BCUT2D eigenvalue weighted by molar-refractivity contribution is 9.10. The van der Waals surface area contributed by atoms with E-state index in [-0.39, 0.29) is 12.8 Å². The Balaban J connectivity index is 2.16. The zero-order valence-electron chi connectivity index (χ0n) is 7.61. The van der Waals surface area contributed by atoms with Gasteiger partial charge in [0.05, 0.1) is 11.9 Å². The lowest BCUT2D eigenvalue weighted by molar-refractivity contribution is -0.151. The van der Waals surface area contributed by atoms with Crippen LogP contribution >= 0.6 is 15.9 Å². The van der Waals surface area contributed by atoms with Crippen LogP contribution in [-0.2, 0) is 0 Å². The van der Waals surface area contributed by atoms with Gasteiger partial charge in [-0.05, 0) is 34.8 Å². The quantitative estimate of drug-likeness (QED) is 0.899. The van der Waals surface area contributed by atoms with Crippen LogP contribution in [0.3, 0.4) is 0 Å². The van der Waals surface area contributed by atoms with E-state index in [0.717, 1.165) is 0 Å². The molecule has 0 amide bonds. The molecule has 6 heteroatoms. The number of nitrogens with one attached hydrogen (secondary N) is 1. The summed E-state index contributed by atoms with van der Waals surface area (Å²) < 4.78 is 38.4. The second-order valence-corrected chi connectivity index (χ2v) is 4.51. The summed E-state index contributed by atoms with van der Waals surface area (Å²) in [5.41, 5.74) is -1.34. The number of hydrogen-bond acceptors (Lipinski definition) is 2. The standard InChI is InChI=1S/C9H8BrF3N2/c10-6-3-7(5-14-4-6)15-8(1-2-8)9(11,12)13/h3-5,15H,1-2H2. The molecule has 2 nitrogen and oxygen atoms in total. The predicted octanol–water partition coefficient (Wildman–Crippen LogP) is 3.35. The first-order chi connectivity index (χ1) is 6.93. The predicted molar refractivity (Wildman–Crippen MR) is 53.6 cm³/mol. The van der Waals surface area contributed by atoms with Gasteiger partial charge in [0.25, 0.3) is 0 Å². The van der Waals surface area contributed by atoms with E-state index in [0.29, 0.717) is 10.2 Å². The van der Waals surface area contributed by atoms with Gasteiger partial charge in [0, 0.05) is 10.7 Å². The van der Waals surface area contributed by atoms with Crippen molar-refractivity contribution in [1.29, 1.82) is 0 Å². The summed E-state index contributed by atoms with van der Waals surface area (Å²) >= 11 is 3.16. The smallest absolute Gasteiger partial charge is 0.370 e. The van der Waals surface area contributed by atoms with Gasteiger partial charge in [-0.3, -0.25) is 4.98 Å². The van der Waals surface area contributed by atoms with Gasteiger partial charge >= 0.3 is 6.18 Å². The van der Waals surface area contributed by atoms with Crippen LogP contribution < -0.4 is 5.32 Å². The largest absolute Gasteiger partial charge is 0.411 e. The minimum absolute atomic E-state index is 0.128. The van der Waals surface area contributed by atoms with Gasteiger partial charge in [-0.25, -0.2) is 0 Å². The average Bonchev–Trinajstić information content (AvgIpc) is 2.84. The highest BCUT2D eigenvalue weighted by Crippen LogP contribution is 2.51. The lowest BCUT2D eigenvalue weighted by Crippen LogP contribution is -2.38. The molecule has 0 aromatic carbocycles. The molecule has 0 atom stereocenters. The summed E-state index contributed by atoms with van der Waals surface area (Å²) in [4.78, 5) is 3.80. The van der Waals surface area contributed by atoms with Gasteiger partial charge in [-0.2, -0.15) is 13.2 Å². The number of hydrogen-bond donors (Lipinski definition) is 1. The molecular formula is C9H8BrF3N2. The number of aromatic nitrogens is 1. The van der Waals surface area contributed by atoms with Gasteiger partial charge < -0.3 is 5.32 Å². The lowest BCUT2D eigenvalue weighted by atomic mass is 10.2. The van der Waals surface area contributed by atoms with Crippen LogP contribution in [0.4, 0.5) is 18.9 Å². The summed E-state index contributed by atoms with van der Waals surface area (Å²) in [6, 6.07) is 1.58. The molecular weight excluding hydrogens is 273 g/mol. The number of halogens is 4. The van der Waals surface area contributed by atoms with E-state index in [9.17, 15) is 13.2 Å². The maximum atomic E-state index is 12.6. The molecule has 0 radical (unpaired) electrons. The summed E-state index contributed by atoms with van der Waals surface area (Å²) in [5.74, 6) is 0. The summed E-state index contributed by atoms with van der Waals surface area (Å²) in [5, 5.41) is 2.49. The first-order valence-electron chi connectivity index (χ1n) is 4.38. The fourth-order valence-electron chi connectivity index (χ4n) is 1.36. The Morgan fingerprint density at radius 2 is 2.00 bits per heavy atom. The maximum absolute atomic E-state index is 12.6. The fourth-order valence-corrected chi connectivity index (χ4v) is 1.73. The number of alkyl halides is 3. The molecule has 0 spiro atoms. The minimum atomic E-state index is -4.20. The van der Waals surface area contributed by atoms with Crippen molar-refractivity contribution in [2.75, 3.05) is 5.32 Å². The SMILES string of the molecule is FC(F)(F)C1(Nc2cncc(Br)c2)CC1. The molecule has 1 aliphatic carbocycles. The van der Waals surface area contributed by atoms with Crippen molar-refractivity contribution in [2.24, 2.45) is 0 Å². The van der Waals surface area contributed by atoms with Crippen LogP contribution in [0.5, 0.6) is 0 Å². The van der Waals surface area contributed by atoms with Crippen molar-refractivity contribution < 1.29 is 13.2 Å². The maximum Gasteiger partial charge on any atom is 0.411 e. The third kappa shape index (κ3) is 2.09. The normalized spacial score (nSPS) is 18.7. The molecule has 0 aliphatic heterocycles. The van der Waals surface area contributed by atoms with Crippen LogP contribution in [0, 0.1) is 0 Å². The number of rotatable bonds is 2. The third-order valence-electron chi connectivity index (χ3n) is 2.38. The van der Waals surface area contributed by atoms with Gasteiger partial charge in [0.1, 0.15) is 5.54 Å². The van der Waals surface area contributed by atoms with E-state index >= 15 is 0 Å². The second kappa shape index (κ2) is 3.37. The molecule has 1 aromatic rings. The number of anilines is 1. The highest BCUT2D eigenvalue weighted by Gasteiger charge is 2.63. The Labute approximate surface area is 93.0 Å². The van der Waals surface area contributed by atoms with Crippen LogP contribution in [0.1, 0.15) is 12.8 Å². The number of nitrogens with zero attached hydrogens (tertiary/aromatic N) is 1. The van der Waals surface area contributed by atoms with Crippen molar-refractivity contribution in [3.63, 3.8) is 0 Å². The number of pyridine rings is 1. The molecule has 1 fully saturated rings. The Kier molecular flexibility index (Phi) is 2.41. The van der Waals surface area contributed by atoms with E-state index in [2.05, 4.69) is 26.2 Å². The molecule has 0 bridgehead atoms. The first-order valence-corrected chi connectivity index (χ1v) is 5.18. The molecule has 82 valence electrons. The zero-order chi connectivity index (χ0) is 11.1. The van der Waals surface area contributed by atoms with Crippen molar-refractivity contribution in [2.45, 2.75) is 24.6 Å². The van der Waals surface area contributed by atoms with Crippen LogP contribution in [0.25, 0.3) is 0 Å². The third-order valence-corrected chi connectivity index (χ3v) is 2.81. The molecule has 2 rings (SSSR count). The van der Waals surface area contributed by atoms with E-state index < -0.39 is 11.7 Å². The highest BCUT2D eigenvalue weighted by atomic mass is 79.9. The molecule has 0 unspecified atom stereocenters. The minimum Gasteiger partial charge on any atom is -0.370 e. The Bertz CT molecular complexity index is 374. The Morgan fingerprint density at radius 1 is 1.33 bits per heavy atom. The van der Waals surface area contributed by atoms with Gasteiger partial charge in [0.2, 0.25) is 0 Å². The van der Waals surface area contributed by atoms with Crippen LogP contribution in [0.2, 0.25) is 0 Å². The van der Waals surface area contributed by atoms with E-state index in [4.69, 9.17) is 0 Å². The Hall–Kier alpha value is -0.780. The van der Waals surface area contributed by atoms with Crippen molar-refractivity contribution in [3.05, 3.63) is 22.9 Å². The fraction of sp³-hybridized carbons (Fsp3) is 0.444. The molecule has 15 heavy (non-hydrogen) atoms. The van der Waals surface area contributed by atoms with E-state index in [1.165, 1.54) is 12.4 Å². The lowest BCUT2D eigenvalue weighted by Gasteiger charge is -2.21. The molecule has 1 saturated carbocycles. The molecule has 0 saturated heterocycles.